The van der Waals surface area contributed by atoms with Gasteiger partial charge in [0.1, 0.15) is 29.0 Å². The molecule has 56 heavy (non-hydrogen) atoms. The van der Waals surface area contributed by atoms with Crippen molar-refractivity contribution in [3.63, 3.8) is 0 Å². The summed E-state index contributed by atoms with van der Waals surface area (Å²) >= 11 is 0. The van der Waals surface area contributed by atoms with E-state index in [1.54, 1.807) is 20.4 Å². The summed E-state index contributed by atoms with van der Waals surface area (Å²) in [4.78, 5) is 22.9. The third kappa shape index (κ3) is 12.2. The monoisotopic (exact) mass is 755 g/mol. The van der Waals surface area contributed by atoms with Crippen molar-refractivity contribution in [2.75, 3.05) is 76.5 Å². The Balaban J connectivity index is 0.000000215. The Hall–Kier alpha value is -6.58. The van der Waals surface area contributed by atoms with Crippen molar-refractivity contribution in [3.05, 3.63) is 113 Å². The van der Waals surface area contributed by atoms with Crippen LogP contribution in [0.4, 0.5) is 29.1 Å². The summed E-state index contributed by atoms with van der Waals surface area (Å²) in [6.07, 6.45) is 9.41. The standard InChI is InChI=1S/C25H34N8O2.C16H15N5/c1-18-13-25(31-30-18)29-24-17-23(26-7-8-33-11-9-32(2)10-12-33)27-22(28-24)6-5-19-14-20(34-3)16-21(15-19)35-4;1-12-11-16(21-20-12)19-15-9-10-17-14(18-15)8-7-13-5-3-2-4-6-13/h5-6,13-17H,7-12H2,1-4H3,(H3,26,27,28,29,30,31);2-11H,1H3,(H2,17,18,19,20,21)/b6-5+;8-7+. The van der Waals surface area contributed by atoms with Gasteiger partial charge < -0.3 is 30.3 Å². The Morgan fingerprint density at radius 2 is 1.25 bits per heavy atom. The molecular weight excluding hydrogens is 707 g/mol. The Bertz CT molecular complexity index is 2170. The van der Waals surface area contributed by atoms with Crippen LogP contribution in [0.25, 0.3) is 24.3 Å². The molecule has 7 rings (SSSR count). The van der Waals surface area contributed by atoms with Crippen LogP contribution in [0.5, 0.6) is 11.5 Å². The largest absolute Gasteiger partial charge is 0.497 e. The first-order valence-corrected chi connectivity index (χ1v) is 18.4. The first-order valence-electron chi connectivity index (χ1n) is 18.4. The second-order valence-corrected chi connectivity index (χ2v) is 13.2. The third-order valence-electron chi connectivity index (χ3n) is 8.69. The normalized spacial score (nSPS) is 13.4. The van der Waals surface area contributed by atoms with Crippen molar-refractivity contribution >= 4 is 53.4 Å². The van der Waals surface area contributed by atoms with E-state index < -0.39 is 0 Å². The molecule has 1 aliphatic heterocycles. The zero-order valence-corrected chi connectivity index (χ0v) is 32.5. The molecule has 15 heteroatoms. The molecule has 5 heterocycles. The van der Waals surface area contributed by atoms with Crippen LogP contribution >= 0.6 is 0 Å². The van der Waals surface area contributed by atoms with Crippen LogP contribution in [-0.4, -0.2) is 111 Å². The van der Waals surface area contributed by atoms with Crippen LogP contribution < -0.4 is 25.4 Å². The van der Waals surface area contributed by atoms with Gasteiger partial charge in [-0.15, -0.1) is 0 Å². The van der Waals surface area contributed by atoms with E-state index >= 15 is 0 Å². The summed E-state index contributed by atoms with van der Waals surface area (Å²) in [5.74, 6) is 6.25. The number of nitrogens with one attached hydrogen (secondary N) is 5. The van der Waals surface area contributed by atoms with Gasteiger partial charge in [0, 0.05) is 81.1 Å². The molecule has 0 radical (unpaired) electrons. The minimum absolute atomic E-state index is 0.575. The minimum Gasteiger partial charge on any atom is -0.497 e. The van der Waals surface area contributed by atoms with Crippen molar-refractivity contribution in [1.82, 2.24) is 50.1 Å². The fraction of sp³-hybridized carbons (Fsp3) is 0.268. The highest BCUT2D eigenvalue weighted by Gasteiger charge is 2.13. The maximum absolute atomic E-state index is 5.37. The molecule has 4 aromatic heterocycles. The van der Waals surface area contributed by atoms with Crippen LogP contribution in [-0.2, 0) is 0 Å². The highest BCUT2D eigenvalue weighted by molar-refractivity contribution is 5.70. The third-order valence-corrected chi connectivity index (χ3v) is 8.69. The summed E-state index contributed by atoms with van der Waals surface area (Å²) in [5.41, 5.74) is 4.01. The number of aromatic amines is 2. The summed E-state index contributed by atoms with van der Waals surface area (Å²) < 4.78 is 10.7. The van der Waals surface area contributed by atoms with Crippen LogP contribution in [0.1, 0.15) is 34.2 Å². The van der Waals surface area contributed by atoms with Gasteiger partial charge in [0.25, 0.3) is 0 Å². The molecule has 5 N–H and O–H groups in total. The van der Waals surface area contributed by atoms with Crippen molar-refractivity contribution in [2.45, 2.75) is 13.8 Å². The molecule has 0 saturated carbocycles. The Labute approximate surface area is 327 Å². The number of methoxy groups -OCH3 is 2. The molecule has 6 aromatic rings. The number of aromatic nitrogens is 8. The lowest BCUT2D eigenvalue weighted by Gasteiger charge is -2.32. The maximum Gasteiger partial charge on any atom is 0.156 e. The highest BCUT2D eigenvalue weighted by Crippen LogP contribution is 2.24. The van der Waals surface area contributed by atoms with Crippen LogP contribution in [0.15, 0.2) is 79.0 Å². The van der Waals surface area contributed by atoms with Crippen molar-refractivity contribution < 1.29 is 9.47 Å². The van der Waals surface area contributed by atoms with Crippen molar-refractivity contribution in [3.8, 4) is 11.5 Å². The first-order chi connectivity index (χ1) is 27.3. The lowest BCUT2D eigenvalue weighted by Crippen LogP contribution is -2.45. The molecule has 1 fully saturated rings. The summed E-state index contributed by atoms with van der Waals surface area (Å²) in [5, 5.41) is 24.1. The number of hydrogen-bond donors (Lipinski definition) is 5. The van der Waals surface area contributed by atoms with E-state index in [0.29, 0.717) is 29.1 Å². The smallest absolute Gasteiger partial charge is 0.156 e. The number of ether oxygens (including phenoxy) is 2. The molecule has 1 saturated heterocycles. The van der Waals surface area contributed by atoms with Crippen LogP contribution in [0.3, 0.4) is 0 Å². The highest BCUT2D eigenvalue weighted by atomic mass is 16.5. The van der Waals surface area contributed by atoms with Gasteiger partial charge in [0.05, 0.1) is 14.2 Å². The van der Waals surface area contributed by atoms with Gasteiger partial charge in [-0.05, 0) is 62.4 Å². The number of aryl methyl sites for hydroxylation is 2. The van der Waals surface area contributed by atoms with Crippen molar-refractivity contribution in [1.29, 1.82) is 0 Å². The molecule has 290 valence electrons. The number of anilines is 5. The average Bonchev–Trinajstić information content (AvgIpc) is 3.83. The lowest BCUT2D eigenvalue weighted by atomic mass is 10.2. The second kappa shape index (κ2) is 19.7. The average molecular weight is 756 g/mol. The van der Waals surface area contributed by atoms with E-state index in [1.807, 2.05) is 111 Å². The zero-order valence-electron chi connectivity index (χ0n) is 32.5. The van der Waals surface area contributed by atoms with E-state index in [2.05, 4.69) is 68.1 Å². The second-order valence-electron chi connectivity index (χ2n) is 13.2. The molecule has 0 aliphatic carbocycles. The topological polar surface area (TPSA) is 170 Å². The van der Waals surface area contributed by atoms with E-state index in [-0.39, 0.29) is 0 Å². The summed E-state index contributed by atoms with van der Waals surface area (Å²) in [7, 11) is 5.44. The quantitative estimate of drug-likeness (QED) is 0.0815. The van der Waals surface area contributed by atoms with Gasteiger partial charge in [0.15, 0.2) is 23.3 Å². The summed E-state index contributed by atoms with van der Waals surface area (Å²) in [6, 6.07) is 23.3. The molecule has 0 spiro atoms. The Morgan fingerprint density at radius 1 is 0.643 bits per heavy atom. The fourth-order valence-electron chi connectivity index (χ4n) is 5.69. The van der Waals surface area contributed by atoms with Crippen LogP contribution in [0, 0.1) is 13.8 Å². The van der Waals surface area contributed by atoms with Gasteiger partial charge in [-0.25, -0.2) is 19.9 Å². The molecule has 0 bridgehead atoms. The molecule has 2 aromatic carbocycles. The predicted molar refractivity (Wildman–Crippen MR) is 224 cm³/mol. The first kappa shape index (κ1) is 39.1. The number of benzene rings is 2. The number of piperazine rings is 1. The molecular formula is C41H49N13O2. The van der Waals surface area contributed by atoms with Gasteiger partial charge in [-0.3, -0.25) is 15.1 Å². The maximum atomic E-state index is 5.37. The number of hydrogen-bond acceptors (Lipinski definition) is 13. The van der Waals surface area contributed by atoms with Crippen molar-refractivity contribution in [2.24, 2.45) is 0 Å². The number of likely N-dealkylation sites (N-methyl/N-ethyl adjacent to an activating group) is 1. The lowest BCUT2D eigenvalue weighted by molar-refractivity contribution is 0.158. The Morgan fingerprint density at radius 3 is 1.89 bits per heavy atom. The molecule has 0 unspecified atom stereocenters. The van der Waals surface area contributed by atoms with Crippen LogP contribution in [0.2, 0.25) is 0 Å². The molecule has 0 atom stereocenters. The van der Waals surface area contributed by atoms with Gasteiger partial charge >= 0.3 is 0 Å². The van der Waals surface area contributed by atoms with E-state index in [4.69, 9.17) is 14.5 Å². The van der Waals surface area contributed by atoms with E-state index in [1.165, 1.54) is 0 Å². The van der Waals surface area contributed by atoms with Gasteiger partial charge in [-0.2, -0.15) is 10.2 Å². The number of nitrogens with zero attached hydrogens (tertiary/aromatic N) is 8. The molecule has 1 aliphatic rings. The molecule has 0 amide bonds. The van der Waals surface area contributed by atoms with E-state index in [0.717, 1.165) is 84.9 Å². The predicted octanol–water partition coefficient (Wildman–Crippen LogP) is 6.52. The zero-order chi connectivity index (χ0) is 39.1. The van der Waals surface area contributed by atoms with Gasteiger partial charge in [-0.1, -0.05) is 42.5 Å². The molecule has 15 nitrogen and oxygen atoms in total. The van der Waals surface area contributed by atoms with E-state index in [9.17, 15) is 0 Å². The SMILES string of the molecule is COc1cc(/C=C/c2nc(NCCN3CCN(C)CC3)cc(Nc3cc(C)[nH]n3)n2)cc(OC)c1.Cc1cc(Nc2ccnc(/C=C/c3ccccc3)n2)n[nH]1. The fourth-order valence-corrected chi connectivity index (χ4v) is 5.69. The minimum atomic E-state index is 0.575. The number of H-pyrrole nitrogens is 2. The number of rotatable bonds is 14. The summed E-state index contributed by atoms with van der Waals surface area (Å²) in [6.45, 7) is 10.1. The Kier molecular flexibility index (Phi) is 13.7. The van der Waals surface area contributed by atoms with Gasteiger partial charge in [0.2, 0.25) is 0 Å².